The van der Waals surface area contributed by atoms with Crippen LogP contribution in [-0.4, -0.2) is 75.8 Å². The van der Waals surface area contributed by atoms with E-state index >= 15 is 0 Å². The van der Waals surface area contributed by atoms with Crippen LogP contribution >= 0.6 is 0 Å². The summed E-state index contributed by atoms with van der Waals surface area (Å²) in [4.78, 5) is 45.2. The molecule has 4 N–H and O–H groups in total. The highest BCUT2D eigenvalue weighted by Crippen LogP contribution is 2.73. The quantitative estimate of drug-likeness (QED) is 0.0837. The monoisotopic (exact) mass is 743 g/mol. The van der Waals surface area contributed by atoms with Crippen LogP contribution in [0.2, 0.25) is 0 Å². The van der Waals surface area contributed by atoms with Crippen molar-refractivity contribution in [1.29, 1.82) is 0 Å². The largest absolute Gasteiger partial charge is 0.468 e. The zero-order chi connectivity index (χ0) is 37.4. The van der Waals surface area contributed by atoms with Crippen molar-refractivity contribution < 1.29 is 40.7 Å². The van der Waals surface area contributed by atoms with Crippen molar-refractivity contribution in [3.8, 4) is 0 Å². The van der Waals surface area contributed by atoms with E-state index in [2.05, 4.69) is 49.8 Å². The Balaban J connectivity index is 0.000000128. The van der Waals surface area contributed by atoms with Gasteiger partial charge >= 0.3 is 12.4 Å². The number of aromatic amines is 2. The lowest BCUT2D eigenvalue weighted by Crippen LogP contribution is -2.76. The summed E-state index contributed by atoms with van der Waals surface area (Å²) in [6.45, 7) is -0.598. The number of hydrogen-bond donors (Lipinski definition) is 3. The normalized spacial score (nSPS) is 26.8. The lowest BCUT2D eigenvalue weighted by molar-refractivity contribution is -0.192. The Bertz CT molecular complexity index is 2310. The number of ketones is 1. The topological polar surface area (TPSA) is 162 Å². The van der Waals surface area contributed by atoms with Crippen LogP contribution in [0.25, 0.3) is 44.1 Å². The Morgan fingerprint density at radius 1 is 0.792 bits per heavy atom. The highest BCUT2D eigenvalue weighted by Gasteiger charge is 2.69. The Morgan fingerprint density at radius 3 is 1.74 bits per heavy atom. The first kappa shape index (κ1) is 35.1. The summed E-state index contributed by atoms with van der Waals surface area (Å²) in [5.74, 6) is -0.275. The lowest BCUT2D eigenvalue weighted by Gasteiger charge is -2.71. The van der Waals surface area contributed by atoms with E-state index in [0.717, 1.165) is 77.1 Å². The molecule has 6 saturated carbocycles. The molecule has 0 unspecified atom stereocenters. The summed E-state index contributed by atoms with van der Waals surface area (Å²) in [6.07, 6.45) is 6.16. The van der Waals surface area contributed by atoms with Crippen molar-refractivity contribution in [2.24, 2.45) is 11.1 Å². The van der Waals surface area contributed by atoms with Gasteiger partial charge in [-0.2, -0.15) is 26.3 Å². The molecule has 6 aromatic heterocycles. The molecular weight excluding hydrogens is 708 g/mol. The van der Waals surface area contributed by atoms with Crippen molar-refractivity contribution in [2.75, 3.05) is 6.61 Å². The summed E-state index contributed by atoms with van der Waals surface area (Å²) >= 11 is 0. The first-order valence-electron chi connectivity index (χ1n) is 17.1. The zero-order valence-corrected chi connectivity index (χ0v) is 28.2. The number of ether oxygens (including phenoxy) is 1. The predicted octanol–water partition coefficient (Wildman–Crippen LogP) is 6.71. The predicted molar refractivity (Wildman–Crippen MR) is 179 cm³/mol. The first-order chi connectivity index (χ1) is 25.0. The number of nitrogens with zero attached hydrogens (tertiary/aromatic N) is 6. The lowest BCUT2D eigenvalue weighted by atomic mass is 9.38. The number of hydrogen-bond acceptors (Lipinski definition) is 8. The van der Waals surface area contributed by atoms with E-state index in [1.165, 1.54) is 5.52 Å². The summed E-state index contributed by atoms with van der Waals surface area (Å²) < 4.78 is 78.7. The molecule has 6 aliphatic rings. The maximum Gasteiger partial charge on any atom is 0.392 e. The number of alkyl halides is 6. The summed E-state index contributed by atoms with van der Waals surface area (Å²) in [6, 6.07) is 4.05. The van der Waals surface area contributed by atoms with Gasteiger partial charge in [0.15, 0.2) is 0 Å². The molecule has 280 valence electrons. The van der Waals surface area contributed by atoms with Gasteiger partial charge in [-0.05, 0) is 56.1 Å². The fourth-order valence-corrected chi connectivity index (χ4v) is 9.20. The summed E-state index contributed by atoms with van der Waals surface area (Å²) in [5.41, 5.74) is 12.1. The number of carbonyl (C=O) groups is 2. The van der Waals surface area contributed by atoms with Gasteiger partial charge in [0.2, 0.25) is 0 Å². The second-order valence-corrected chi connectivity index (χ2v) is 15.2. The molecule has 0 aliphatic heterocycles. The third kappa shape index (κ3) is 6.19. The Kier molecular flexibility index (Phi) is 7.94. The molecule has 18 heteroatoms. The minimum absolute atomic E-state index is 0.00819. The van der Waals surface area contributed by atoms with E-state index in [0.29, 0.717) is 0 Å². The van der Waals surface area contributed by atoms with E-state index in [9.17, 15) is 35.9 Å². The van der Waals surface area contributed by atoms with Gasteiger partial charge in [0, 0.05) is 47.1 Å². The molecule has 0 spiro atoms. The molecule has 6 aromatic rings. The Labute approximate surface area is 296 Å². The number of H-pyrrole nitrogens is 2. The molecule has 0 saturated heterocycles. The number of halogens is 6. The minimum atomic E-state index is -4.26. The number of nitrogens with one attached hydrogen (secondary N) is 2. The number of pyridine rings is 2. The smallest absolute Gasteiger partial charge is 0.392 e. The van der Waals surface area contributed by atoms with E-state index in [-0.39, 0.29) is 40.7 Å². The van der Waals surface area contributed by atoms with E-state index in [1.807, 2.05) is 37.3 Å². The fourth-order valence-electron chi connectivity index (χ4n) is 9.20. The Morgan fingerprint density at radius 2 is 1.28 bits per heavy atom. The number of imidazole rings is 2. The molecule has 12 nitrogen and oxygen atoms in total. The van der Waals surface area contributed by atoms with Crippen molar-refractivity contribution in [1.82, 2.24) is 39.0 Å². The van der Waals surface area contributed by atoms with Crippen LogP contribution in [-0.2, 0) is 25.4 Å². The molecule has 6 aliphatic carbocycles. The summed E-state index contributed by atoms with van der Waals surface area (Å²) in [7, 11) is 0. The van der Waals surface area contributed by atoms with Gasteiger partial charge in [-0.3, -0.25) is 9.59 Å². The van der Waals surface area contributed by atoms with E-state index in [1.54, 1.807) is 6.20 Å². The van der Waals surface area contributed by atoms with Crippen LogP contribution < -0.4 is 5.73 Å². The van der Waals surface area contributed by atoms with Crippen LogP contribution in [0.4, 0.5) is 26.3 Å². The highest BCUT2D eigenvalue weighted by molar-refractivity contribution is 6.02. The standard InChI is InChI=1S/C18H17F3N4O.C13H13N5.C4H5F3O2/c19-18(20,21)3-1-11(26)5-16-7-17(8-16,9-16)25-10-24-13-6-23-15-12(14(13)25)2-4-22-15;14-12-4-13(5-12,6-12)18-7-17-9-3-16-11-8(10(9)18)1-2-15-11;5-4(6,7)1-2-9-3-8/h2,4,6,10H,1,3,5,7-9H2,(H,22,23);1-3,7H,4-6,14H2,(H,15,16);3H,1-2H2. The van der Waals surface area contributed by atoms with Gasteiger partial charge in [0.1, 0.15) is 28.1 Å². The fraction of sp³-hybridized carbons (Fsp3) is 0.486. The van der Waals surface area contributed by atoms with E-state index in [4.69, 9.17) is 5.73 Å². The molecule has 12 rings (SSSR count). The summed E-state index contributed by atoms with van der Waals surface area (Å²) in [5, 5.41) is 2.17. The SMILES string of the molecule is NC12CC(n3cnc4cnc5[nH]ccc5c43)(C1)C2.O=C(CCC(F)(F)F)CC12CC(n3cnc4cnc5[nH]ccc5c43)(C1)C2.O=COCCC(F)(F)F. The van der Waals surface area contributed by atoms with Gasteiger partial charge in [0.05, 0.1) is 61.1 Å². The van der Waals surface area contributed by atoms with Gasteiger partial charge < -0.3 is 29.6 Å². The van der Waals surface area contributed by atoms with Crippen molar-refractivity contribution >= 4 is 56.4 Å². The highest BCUT2D eigenvalue weighted by atomic mass is 19.4. The first-order valence-corrected chi connectivity index (χ1v) is 17.1. The van der Waals surface area contributed by atoms with Crippen LogP contribution in [0.5, 0.6) is 0 Å². The molecular formula is C35H35F6N9O3. The van der Waals surface area contributed by atoms with Gasteiger partial charge in [-0.15, -0.1) is 0 Å². The number of rotatable bonds is 9. The van der Waals surface area contributed by atoms with Gasteiger partial charge in [-0.1, -0.05) is 0 Å². The molecule has 6 heterocycles. The van der Waals surface area contributed by atoms with Gasteiger partial charge in [-0.25, -0.2) is 19.9 Å². The molecule has 0 radical (unpaired) electrons. The van der Waals surface area contributed by atoms with Crippen molar-refractivity contribution in [3.63, 3.8) is 0 Å². The third-order valence-electron chi connectivity index (χ3n) is 11.2. The molecule has 0 aromatic carbocycles. The number of nitrogens with two attached hydrogens (primary N) is 1. The molecule has 0 atom stereocenters. The average Bonchev–Trinajstić information content (AvgIpc) is 3.83. The number of fused-ring (bicyclic) bond motifs is 6. The second kappa shape index (κ2) is 12.0. The van der Waals surface area contributed by atoms with Crippen LogP contribution in [0.3, 0.4) is 0 Å². The van der Waals surface area contributed by atoms with Crippen LogP contribution in [0.15, 0.2) is 49.6 Å². The zero-order valence-electron chi connectivity index (χ0n) is 28.2. The van der Waals surface area contributed by atoms with Gasteiger partial charge in [0.25, 0.3) is 6.47 Å². The minimum Gasteiger partial charge on any atom is -0.468 e. The van der Waals surface area contributed by atoms with Crippen LogP contribution in [0.1, 0.15) is 64.2 Å². The van der Waals surface area contributed by atoms with Crippen molar-refractivity contribution in [2.45, 2.75) is 93.2 Å². The molecule has 6 fully saturated rings. The number of Topliss-reactive ketones (excluding diaryl/α,β-unsaturated/α-hetero) is 1. The molecule has 53 heavy (non-hydrogen) atoms. The number of aromatic nitrogens is 8. The average molecular weight is 744 g/mol. The maximum atomic E-state index is 12.3. The second-order valence-electron chi connectivity index (χ2n) is 15.2. The number of carbonyl (C=O) groups excluding carboxylic acids is 2. The van der Waals surface area contributed by atoms with Crippen molar-refractivity contribution in [3.05, 3.63) is 49.6 Å². The van der Waals surface area contributed by atoms with E-state index < -0.39 is 38.2 Å². The van der Waals surface area contributed by atoms with Crippen LogP contribution in [0, 0.1) is 5.41 Å². The molecule has 4 bridgehead atoms. The maximum absolute atomic E-state index is 12.3. The molecule has 0 amide bonds. The Hall–Kier alpha value is -5.00. The third-order valence-corrected chi connectivity index (χ3v) is 11.2.